The molecule has 0 amide bonds. The van der Waals surface area contributed by atoms with Crippen molar-refractivity contribution in [3.63, 3.8) is 0 Å². The molecule has 0 aromatic carbocycles. The van der Waals surface area contributed by atoms with E-state index in [9.17, 15) is 0 Å². The molecular formula is C11H13N3O. The number of hydrogen-bond acceptors (Lipinski definition) is 4. The summed E-state index contributed by atoms with van der Waals surface area (Å²) in [4.78, 5) is 8.38. The molecule has 15 heavy (non-hydrogen) atoms. The van der Waals surface area contributed by atoms with Crippen LogP contribution < -0.4 is 5.73 Å². The van der Waals surface area contributed by atoms with E-state index in [2.05, 4.69) is 9.97 Å². The van der Waals surface area contributed by atoms with Gasteiger partial charge in [-0.25, -0.2) is 0 Å². The molecule has 0 aliphatic rings. The van der Waals surface area contributed by atoms with Crippen molar-refractivity contribution in [2.45, 2.75) is 19.8 Å². The van der Waals surface area contributed by atoms with Crippen molar-refractivity contribution in [1.29, 1.82) is 0 Å². The Labute approximate surface area is 88.2 Å². The fraction of sp³-hybridized carbons (Fsp3) is 0.273. The number of pyridine rings is 1. The van der Waals surface area contributed by atoms with E-state index in [-0.39, 0.29) is 11.9 Å². The summed E-state index contributed by atoms with van der Waals surface area (Å²) in [5.41, 5.74) is 7.08. The van der Waals surface area contributed by atoms with E-state index in [0.717, 1.165) is 17.1 Å². The van der Waals surface area contributed by atoms with Gasteiger partial charge in [0.1, 0.15) is 11.5 Å². The molecule has 4 heteroatoms. The van der Waals surface area contributed by atoms with Crippen LogP contribution in [0.3, 0.4) is 0 Å². The minimum Gasteiger partial charge on any atom is -0.428 e. The van der Waals surface area contributed by atoms with E-state index < -0.39 is 0 Å². The second-order valence-corrected chi connectivity index (χ2v) is 3.63. The van der Waals surface area contributed by atoms with E-state index in [1.54, 1.807) is 6.20 Å². The van der Waals surface area contributed by atoms with Gasteiger partial charge in [0.05, 0.1) is 5.69 Å². The largest absolute Gasteiger partial charge is 0.428 e. The first-order chi connectivity index (χ1) is 7.18. The molecule has 0 radical (unpaired) electrons. The lowest BCUT2D eigenvalue weighted by Gasteiger charge is -2.02. The van der Waals surface area contributed by atoms with Crippen LogP contribution in [0.2, 0.25) is 0 Å². The Hall–Kier alpha value is -1.84. The van der Waals surface area contributed by atoms with Crippen LogP contribution in [0.5, 0.6) is 0 Å². The van der Waals surface area contributed by atoms with E-state index >= 15 is 0 Å². The van der Waals surface area contributed by atoms with Crippen LogP contribution in [0.4, 0.5) is 6.01 Å². The van der Waals surface area contributed by atoms with Crippen molar-refractivity contribution < 1.29 is 4.42 Å². The van der Waals surface area contributed by atoms with Crippen LogP contribution in [0.15, 0.2) is 28.8 Å². The summed E-state index contributed by atoms with van der Waals surface area (Å²) in [5.74, 6) is 1.03. The molecule has 0 saturated carbocycles. The zero-order valence-electron chi connectivity index (χ0n) is 8.77. The summed E-state index contributed by atoms with van der Waals surface area (Å²) in [5, 5.41) is 0. The minimum absolute atomic E-state index is 0.194. The average Bonchev–Trinajstić information content (AvgIpc) is 2.62. The van der Waals surface area contributed by atoms with Gasteiger partial charge in [0, 0.05) is 12.1 Å². The molecule has 2 rings (SSSR count). The van der Waals surface area contributed by atoms with Gasteiger partial charge in [-0.15, -0.1) is 0 Å². The molecule has 2 aromatic heterocycles. The van der Waals surface area contributed by atoms with Gasteiger partial charge in [-0.1, -0.05) is 19.9 Å². The summed E-state index contributed by atoms with van der Waals surface area (Å²) >= 11 is 0. The van der Waals surface area contributed by atoms with Gasteiger partial charge in [0.25, 0.3) is 6.01 Å². The SMILES string of the molecule is CC(C)c1oc(N)nc1-c1ccccn1. The highest BCUT2D eigenvalue weighted by Crippen LogP contribution is 2.28. The summed E-state index contributed by atoms with van der Waals surface area (Å²) in [6.07, 6.45) is 1.73. The van der Waals surface area contributed by atoms with Crippen molar-refractivity contribution in [1.82, 2.24) is 9.97 Å². The molecule has 78 valence electrons. The fourth-order valence-electron chi connectivity index (χ4n) is 1.43. The third kappa shape index (κ3) is 1.83. The topological polar surface area (TPSA) is 64.9 Å². The predicted octanol–water partition coefficient (Wildman–Crippen LogP) is 2.44. The highest BCUT2D eigenvalue weighted by Gasteiger charge is 2.16. The molecule has 4 nitrogen and oxygen atoms in total. The lowest BCUT2D eigenvalue weighted by atomic mass is 10.1. The van der Waals surface area contributed by atoms with Crippen LogP contribution in [-0.2, 0) is 0 Å². The molecule has 0 bridgehead atoms. The molecule has 0 unspecified atom stereocenters. The monoisotopic (exact) mass is 203 g/mol. The van der Waals surface area contributed by atoms with Crippen molar-refractivity contribution in [2.75, 3.05) is 5.73 Å². The number of aromatic nitrogens is 2. The van der Waals surface area contributed by atoms with Crippen LogP contribution >= 0.6 is 0 Å². The summed E-state index contributed by atoms with van der Waals surface area (Å²) < 4.78 is 5.36. The number of anilines is 1. The standard InChI is InChI=1S/C11H13N3O/c1-7(2)10-9(14-11(12)15-10)8-5-3-4-6-13-8/h3-7H,1-2H3,(H2,12,14). The van der Waals surface area contributed by atoms with Gasteiger partial charge in [0.2, 0.25) is 0 Å². The van der Waals surface area contributed by atoms with Crippen molar-refractivity contribution in [3.05, 3.63) is 30.2 Å². The average molecular weight is 203 g/mol. The van der Waals surface area contributed by atoms with Crippen LogP contribution in [0.25, 0.3) is 11.4 Å². The van der Waals surface area contributed by atoms with Crippen molar-refractivity contribution in [2.24, 2.45) is 0 Å². The molecule has 0 saturated heterocycles. The van der Waals surface area contributed by atoms with E-state index in [1.165, 1.54) is 0 Å². The Morgan fingerprint density at radius 3 is 2.73 bits per heavy atom. The first kappa shape index (κ1) is 9.71. The second-order valence-electron chi connectivity index (χ2n) is 3.63. The number of rotatable bonds is 2. The number of nitrogens with zero attached hydrogens (tertiary/aromatic N) is 2. The van der Waals surface area contributed by atoms with Crippen molar-refractivity contribution >= 4 is 6.01 Å². The maximum atomic E-state index is 5.55. The molecule has 2 heterocycles. The summed E-state index contributed by atoms with van der Waals surface area (Å²) in [6, 6.07) is 5.86. The first-order valence-electron chi connectivity index (χ1n) is 4.86. The van der Waals surface area contributed by atoms with Gasteiger partial charge in [-0.05, 0) is 12.1 Å². The molecule has 0 aliphatic carbocycles. The van der Waals surface area contributed by atoms with Gasteiger partial charge in [-0.2, -0.15) is 4.98 Å². The zero-order chi connectivity index (χ0) is 10.8. The molecular weight excluding hydrogens is 190 g/mol. The van der Waals surface area contributed by atoms with Gasteiger partial charge >= 0.3 is 0 Å². The Morgan fingerprint density at radius 2 is 2.13 bits per heavy atom. The van der Waals surface area contributed by atoms with E-state index in [0.29, 0.717) is 0 Å². The maximum Gasteiger partial charge on any atom is 0.292 e. The predicted molar refractivity (Wildman–Crippen MR) is 58.2 cm³/mol. The second kappa shape index (κ2) is 3.73. The normalized spacial score (nSPS) is 10.9. The lowest BCUT2D eigenvalue weighted by Crippen LogP contribution is -1.90. The van der Waals surface area contributed by atoms with Crippen LogP contribution in [-0.4, -0.2) is 9.97 Å². The van der Waals surface area contributed by atoms with Gasteiger partial charge in [0.15, 0.2) is 0 Å². The van der Waals surface area contributed by atoms with E-state index in [4.69, 9.17) is 10.2 Å². The van der Waals surface area contributed by atoms with Gasteiger partial charge in [-0.3, -0.25) is 4.98 Å². The first-order valence-corrected chi connectivity index (χ1v) is 4.86. The molecule has 0 aliphatic heterocycles. The quantitative estimate of drug-likeness (QED) is 0.814. The lowest BCUT2D eigenvalue weighted by molar-refractivity contribution is 0.500. The number of nitrogen functional groups attached to an aromatic ring is 1. The van der Waals surface area contributed by atoms with Crippen molar-refractivity contribution in [3.8, 4) is 11.4 Å². The third-order valence-electron chi connectivity index (χ3n) is 2.10. The number of oxazole rings is 1. The third-order valence-corrected chi connectivity index (χ3v) is 2.10. The Balaban J connectivity index is 2.53. The Kier molecular flexibility index (Phi) is 2.41. The Bertz CT molecular complexity index is 448. The summed E-state index contributed by atoms with van der Waals surface area (Å²) in [6.45, 7) is 4.07. The number of nitrogens with two attached hydrogens (primary N) is 1. The smallest absolute Gasteiger partial charge is 0.292 e. The number of hydrogen-bond donors (Lipinski definition) is 1. The zero-order valence-corrected chi connectivity index (χ0v) is 8.77. The molecule has 0 atom stereocenters. The van der Waals surface area contributed by atoms with E-state index in [1.807, 2.05) is 32.0 Å². The van der Waals surface area contributed by atoms with Crippen LogP contribution in [0.1, 0.15) is 25.5 Å². The minimum atomic E-state index is 0.194. The van der Waals surface area contributed by atoms with Crippen LogP contribution in [0, 0.1) is 0 Å². The Morgan fingerprint density at radius 1 is 1.33 bits per heavy atom. The molecule has 0 spiro atoms. The maximum absolute atomic E-state index is 5.55. The molecule has 2 aromatic rings. The fourth-order valence-corrected chi connectivity index (χ4v) is 1.43. The molecule has 0 fully saturated rings. The van der Waals surface area contributed by atoms with Gasteiger partial charge < -0.3 is 10.2 Å². The summed E-state index contributed by atoms with van der Waals surface area (Å²) in [7, 11) is 0. The highest BCUT2D eigenvalue weighted by atomic mass is 16.4. The highest BCUT2D eigenvalue weighted by molar-refractivity contribution is 5.58. The molecule has 2 N–H and O–H groups in total.